The number of carbonyl (C=O) groups is 2. The summed E-state index contributed by atoms with van der Waals surface area (Å²) in [6.45, 7) is 0.106. The van der Waals surface area contributed by atoms with Crippen LogP contribution in [0.1, 0.15) is 22.6 Å². The Hall–Kier alpha value is -4.00. The van der Waals surface area contributed by atoms with Crippen LogP contribution in [0, 0.1) is 0 Å². The number of carbonyl (C=O) groups excluding carboxylic acids is 1. The molecule has 0 fully saturated rings. The van der Waals surface area contributed by atoms with Gasteiger partial charge in [-0.2, -0.15) is 0 Å². The van der Waals surface area contributed by atoms with Gasteiger partial charge in [0.05, 0.1) is 14.2 Å². The van der Waals surface area contributed by atoms with Crippen molar-refractivity contribution >= 4 is 12.1 Å². The van der Waals surface area contributed by atoms with Crippen LogP contribution in [0.5, 0.6) is 11.5 Å². The van der Waals surface area contributed by atoms with Gasteiger partial charge >= 0.3 is 12.1 Å². The number of nitrogens with one attached hydrogen (secondary N) is 1. The minimum Gasteiger partial charge on any atom is -0.493 e. The molecule has 2 N–H and O–H groups in total. The lowest BCUT2D eigenvalue weighted by atomic mass is 9.98. The molecule has 0 aliphatic heterocycles. The highest BCUT2D eigenvalue weighted by Crippen LogP contribution is 2.44. The molecule has 0 aromatic heterocycles. The molecule has 0 radical (unpaired) electrons. The third-order valence-corrected chi connectivity index (χ3v) is 5.84. The van der Waals surface area contributed by atoms with E-state index in [0.717, 1.165) is 22.3 Å². The highest BCUT2D eigenvalue weighted by Gasteiger charge is 2.30. The maximum Gasteiger partial charge on any atom is 0.407 e. The van der Waals surface area contributed by atoms with E-state index < -0.39 is 18.1 Å². The second-order valence-electron chi connectivity index (χ2n) is 7.72. The normalized spacial score (nSPS) is 12.9. The predicted octanol–water partition coefficient (Wildman–Crippen LogP) is 4.24. The Morgan fingerprint density at radius 2 is 1.55 bits per heavy atom. The molecule has 7 heteroatoms. The summed E-state index contributed by atoms with van der Waals surface area (Å²) >= 11 is 0. The third kappa shape index (κ3) is 4.48. The summed E-state index contributed by atoms with van der Waals surface area (Å²) in [6.07, 6.45) is -0.772. The largest absolute Gasteiger partial charge is 0.493 e. The lowest BCUT2D eigenvalue weighted by Crippen LogP contribution is -2.43. The molecule has 1 atom stereocenters. The first-order chi connectivity index (χ1) is 16.0. The average Bonchev–Trinajstić information content (AvgIpc) is 3.15. The quantitative estimate of drug-likeness (QED) is 0.537. The Morgan fingerprint density at radius 1 is 0.909 bits per heavy atom. The van der Waals surface area contributed by atoms with Gasteiger partial charge in [0.1, 0.15) is 12.6 Å². The molecular weight excluding hydrogens is 422 g/mol. The van der Waals surface area contributed by atoms with Crippen LogP contribution in [-0.4, -0.2) is 44.0 Å². The number of ether oxygens (including phenoxy) is 3. The van der Waals surface area contributed by atoms with Gasteiger partial charge in [0, 0.05) is 17.9 Å². The number of aliphatic carboxylic acids is 1. The first kappa shape index (κ1) is 22.2. The van der Waals surface area contributed by atoms with E-state index in [1.54, 1.807) is 18.2 Å². The van der Waals surface area contributed by atoms with Crippen LogP contribution in [0.4, 0.5) is 4.79 Å². The minimum atomic E-state index is -1.19. The van der Waals surface area contributed by atoms with Gasteiger partial charge in [0.15, 0.2) is 11.5 Å². The molecule has 7 nitrogen and oxygen atoms in total. The molecular formula is C26H25NO6. The van der Waals surface area contributed by atoms with E-state index in [4.69, 9.17) is 14.2 Å². The molecule has 170 valence electrons. The number of fused-ring (bicyclic) bond motifs is 3. The Bertz CT molecular complexity index is 1130. The second-order valence-corrected chi connectivity index (χ2v) is 7.72. The van der Waals surface area contributed by atoms with Crippen molar-refractivity contribution in [3.63, 3.8) is 0 Å². The van der Waals surface area contributed by atoms with Crippen LogP contribution in [0.25, 0.3) is 11.1 Å². The highest BCUT2D eigenvalue weighted by molar-refractivity contribution is 5.81. The zero-order chi connectivity index (χ0) is 23.4. The molecule has 1 aliphatic carbocycles. The summed E-state index contributed by atoms with van der Waals surface area (Å²) in [6, 6.07) is 20.0. The molecule has 0 saturated carbocycles. The van der Waals surface area contributed by atoms with E-state index in [0.29, 0.717) is 17.1 Å². The number of hydrogen-bond donors (Lipinski definition) is 2. The maximum atomic E-state index is 12.6. The summed E-state index contributed by atoms with van der Waals surface area (Å²) < 4.78 is 16.1. The van der Waals surface area contributed by atoms with Gasteiger partial charge in [0.25, 0.3) is 0 Å². The smallest absolute Gasteiger partial charge is 0.407 e. The molecule has 3 aromatic carbocycles. The van der Waals surface area contributed by atoms with Crippen molar-refractivity contribution in [2.75, 3.05) is 20.8 Å². The standard InChI is InChI=1S/C26H25NO6/c1-31-23-13-7-8-16(24(23)32-2)14-22(25(28)29)27-26(30)33-15-21-19-11-5-3-9-17(19)18-10-4-6-12-20(18)21/h3-13,21-22H,14-15H2,1-2H3,(H,27,30)(H,28,29)/t22-/m0/s1. The van der Waals surface area contributed by atoms with Crippen molar-refractivity contribution < 1.29 is 28.9 Å². The zero-order valence-electron chi connectivity index (χ0n) is 18.4. The first-order valence-corrected chi connectivity index (χ1v) is 10.6. The monoisotopic (exact) mass is 447 g/mol. The Labute approximate surface area is 191 Å². The predicted molar refractivity (Wildman–Crippen MR) is 123 cm³/mol. The second kappa shape index (κ2) is 9.65. The summed E-state index contributed by atoms with van der Waals surface area (Å²) in [5, 5.41) is 12.1. The van der Waals surface area contributed by atoms with Gasteiger partial charge in [0.2, 0.25) is 0 Å². The molecule has 0 unspecified atom stereocenters. The fraction of sp³-hybridized carbons (Fsp3) is 0.231. The first-order valence-electron chi connectivity index (χ1n) is 10.6. The van der Waals surface area contributed by atoms with Crippen LogP contribution in [0.2, 0.25) is 0 Å². The van der Waals surface area contributed by atoms with Crippen LogP contribution >= 0.6 is 0 Å². The van der Waals surface area contributed by atoms with E-state index in [2.05, 4.69) is 17.4 Å². The van der Waals surface area contributed by atoms with E-state index in [1.807, 2.05) is 36.4 Å². The van der Waals surface area contributed by atoms with Crippen LogP contribution in [0.15, 0.2) is 66.7 Å². The molecule has 4 rings (SSSR count). The fourth-order valence-electron chi connectivity index (χ4n) is 4.32. The molecule has 0 heterocycles. The molecule has 0 spiro atoms. The number of rotatable bonds is 8. The van der Waals surface area contributed by atoms with E-state index in [-0.39, 0.29) is 18.9 Å². The Kier molecular flexibility index (Phi) is 6.49. The number of alkyl carbamates (subject to hydrolysis) is 1. The van der Waals surface area contributed by atoms with Crippen molar-refractivity contribution in [3.8, 4) is 22.6 Å². The fourth-order valence-corrected chi connectivity index (χ4v) is 4.32. The van der Waals surface area contributed by atoms with Crippen molar-refractivity contribution in [1.82, 2.24) is 5.32 Å². The van der Waals surface area contributed by atoms with E-state index in [1.165, 1.54) is 14.2 Å². The minimum absolute atomic E-state index is 0.0138. The van der Waals surface area contributed by atoms with Gasteiger partial charge in [-0.1, -0.05) is 60.7 Å². The topological polar surface area (TPSA) is 94.1 Å². The number of carboxylic acids is 1. The van der Waals surface area contributed by atoms with Gasteiger partial charge in [-0.3, -0.25) is 0 Å². The SMILES string of the molecule is COc1cccc(C[C@H](NC(=O)OCC2c3ccccc3-c3ccccc32)C(=O)O)c1OC. The highest BCUT2D eigenvalue weighted by atomic mass is 16.5. The number of para-hydroxylation sites is 1. The van der Waals surface area contributed by atoms with E-state index >= 15 is 0 Å². The summed E-state index contributed by atoms with van der Waals surface area (Å²) in [5.74, 6) is -0.362. The molecule has 3 aromatic rings. The Balaban J connectivity index is 1.45. The molecule has 1 amide bonds. The molecule has 0 saturated heterocycles. The Morgan fingerprint density at radius 3 is 2.12 bits per heavy atom. The number of hydrogen-bond acceptors (Lipinski definition) is 5. The lowest BCUT2D eigenvalue weighted by Gasteiger charge is -2.19. The maximum absolute atomic E-state index is 12.6. The van der Waals surface area contributed by atoms with Crippen molar-refractivity contribution in [2.45, 2.75) is 18.4 Å². The summed E-state index contributed by atoms with van der Waals surface area (Å²) in [5.41, 5.74) is 5.01. The van der Waals surface area contributed by atoms with Crippen molar-refractivity contribution in [2.24, 2.45) is 0 Å². The summed E-state index contributed by atoms with van der Waals surface area (Å²) in [7, 11) is 2.99. The van der Waals surface area contributed by atoms with Crippen LogP contribution < -0.4 is 14.8 Å². The lowest BCUT2D eigenvalue weighted by molar-refractivity contribution is -0.139. The summed E-state index contributed by atoms with van der Waals surface area (Å²) in [4.78, 5) is 24.4. The van der Waals surface area contributed by atoms with Gasteiger partial charge < -0.3 is 24.6 Å². The average molecular weight is 447 g/mol. The van der Waals surface area contributed by atoms with Gasteiger partial charge in [-0.25, -0.2) is 9.59 Å². The molecule has 1 aliphatic rings. The van der Waals surface area contributed by atoms with Crippen molar-refractivity contribution in [3.05, 3.63) is 83.4 Å². The number of amides is 1. The number of benzene rings is 3. The van der Waals surface area contributed by atoms with Gasteiger partial charge in [-0.15, -0.1) is 0 Å². The zero-order valence-corrected chi connectivity index (χ0v) is 18.4. The van der Waals surface area contributed by atoms with Crippen LogP contribution in [0.3, 0.4) is 0 Å². The molecule has 0 bridgehead atoms. The third-order valence-electron chi connectivity index (χ3n) is 5.84. The van der Waals surface area contributed by atoms with E-state index in [9.17, 15) is 14.7 Å². The van der Waals surface area contributed by atoms with Crippen LogP contribution in [-0.2, 0) is 16.0 Å². The molecule has 33 heavy (non-hydrogen) atoms. The van der Waals surface area contributed by atoms with Gasteiger partial charge in [-0.05, 0) is 28.3 Å². The van der Waals surface area contributed by atoms with Crippen molar-refractivity contribution in [1.29, 1.82) is 0 Å². The number of carboxylic acid groups (broad SMARTS) is 1. The number of methoxy groups -OCH3 is 2.